The maximum absolute atomic E-state index is 13.0. The summed E-state index contributed by atoms with van der Waals surface area (Å²) in [6, 6.07) is 8.10. The van der Waals surface area contributed by atoms with Gasteiger partial charge in [0.2, 0.25) is 5.91 Å². The van der Waals surface area contributed by atoms with Gasteiger partial charge in [-0.05, 0) is 68.3 Å². The Labute approximate surface area is 180 Å². The molecule has 162 valence electrons. The Balaban J connectivity index is 1.46. The molecule has 0 saturated heterocycles. The second kappa shape index (κ2) is 8.02. The zero-order valence-corrected chi connectivity index (χ0v) is 18.7. The average molecular weight is 421 g/mol. The Morgan fingerprint density at radius 1 is 1.10 bits per heavy atom. The number of hydrogen-bond donors (Lipinski definition) is 1. The summed E-state index contributed by atoms with van der Waals surface area (Å²) in [5.74, 6) is -0.0447. The SMILES string of the molecule is Cc1ccc2cc(C)c3nn(CCNC(=O)CCc4c(C)nn(C)c4C)c(=O)n3c2c1. The van der Waals surface area contributed by atoms with Gasteiger partial charge in [0.25, 0.3) is 0 Å². The first kappa shape index (κ1) is 20.8. The molecule has 0 spiro atoms. The molecule has 31 heavy (non-hydrogen) atoms. The van der Waals surface area contributed by atoms with Crippen LogP contribution in [0.4, 0.5) is 0 Å². The summed E-state index contributed by atoms with van der Waals surface area (Å²) < 4.78 is 4.93. The topological polar surface area (TPSA) is 86.2 Å². The molecule has 0 bridgehead atoms. The molecule has 0 aliphatic heterocycles. The number of nitrogens with zero attached hydrogens (tertiary/aromatic N) is 5. The summed E-state index contributed by atoms with van der Waals surface area (Å²) >= 11 is 0. The van der Waals surface area contributed by atoms with Crippen molar-refractivity contribution >= 4 is 22.5 Å². The van der Waals surface area contributed by atoms with Crippen molar-refractivity contribution in [3.8, 4) is 0 Å². The fraction of sp³-hybridized carbons (Fsp3) is 0.391. The van der Waals surface area contributed by atoms with E-state index in [0.29, 0.717) is 31.6 Å². The van der Waals surface area contributed by atoms with E-state index in [1.54, 1.807) is 4.40 Å². The minimum absolute atomic E-state index is 0.0447. The summed E-state index contributed by atoms with van der Waals surface area (Å²) in [5.41, 5.74) is 6.50. The van der Waals surface area contributed by atoms with E-state index < -0.39 is 0 Å². The third-order valence-corrected chi connectivity index (χ3v) is 5.90. The Morgan fingerprint density at radius 3 is 2.58 bits per heavy atom. The first-order valence-electron chi connectivity index (χ1n) is 10.5. The van der Waals surface area contributed by atoms with Gasteiger partial charge in [-0.25, -0.2) is 13.9 Å². The van der Waals surface area contributed by atoms with Crippen LogP contribution in [0.5, 0.6) is 0 Å². The third-order valence-electron chi connectivity index (χ3n) is 5.90. The molecule has 0 unspecified atom stereocenters. The molecule has 0 aliphatic carbocycles. The predicted octanol–water partition coefficient (Wildman–Crippen LogP) is 2.37. The highest BCUT2D eigenvalue weighted by Crippen LogP contribution is 2.19. The van der Waals surface area contributed by atoms with Crippen molar-refractivity contribution in [2.45, 2.75) is 47.1 Å². The van der Waals surface area contributed by atoms with E-state index in [1.807, 2.05) is 63.7 Å². The van der Waals surface area contributed by atoms with Crippen LogP contribution in [0.3, 0.4) is 0 Å². The van der Waals surface area contributed by atoms with Gasteiger partial charge in [0, 0.05) is 25.7 Å². The lowest BCUT2D eigenvalue weighted by Gasteiger charge is -2.05. The highest BCUT2D eigenvalue weighted by Gasteiger charge is 2.14. The van der Waals surface area contributed by atoms with Crippen LogP contribution in [0.15, 0.2) is 29.1 Å². The quantitative estimate of drug-likeness (QED) is 0.519. The van der Waals surface area contributed by atoms with Crippen molar-refractivity contribution in [3.05, 3.63) is 62.8 Å². The largest absolute Gasteiger partial charge is 0.354 e. The van der Waals surface area contributed by atoms with Crippen LogP contribution in [-0.4, -0.2) is 36.4 Å². The Morgan fingerprint density at radius 2 is 1.87 bits per heavy atom. The highest BCUT2D eigenvalue weighted by molar-refractivity contribution is 5.84. The van der Waals surface area contributed by atoms with Gasteiger partial charge in [-0.3, -0.25) is 9.48 Å². The van der Waals surface area contributed by atoms with Crippen LogP contribution >= 0.6 is 0 Å². The molecule has 1 N–H and O–H groups in total. The molecule has 0 saturated carbocycles. The Kier molecular flexibility index (Phi) is 5.39. The van der Waals surface area contributed by atoms with Crippen molar-refractivity contribution in [2.75, 3.05) is 6.54 Å². The maximum Gasteiger partial charge on any atom is 0.350 e. The zero-order chi connectivity index (χ0) is 22.3. The normalized spacial score (nSPS) is 11.5. The molecule has 8 nitrogen and oxygen atoms in total. The fourth-order valence-electron chi connectivity index (χ4n) is 4.10. The van der Waals surface area contributed by atoms with Crippen LogP contribution in [0.1, 0.15) is 34.5 Å². The number of carbonyl (C=O) groups excluding carboxylic acids is 1. The van der Waals surface area contributed by atoms with Gasteiger partial charge in [-0.2, -0.15) is 5.10 Å². The highest BCUT2D eigenvalue weighted by atomic mass is 16.2. The Hall–Kier alpha value is -3.42. The van der Waals surface area contributed by atoms with Gasteiger partial charge in [0.1, 0.15) is 0 Å². The number of rotatable bonds is 6. The van der Waals surface area contributed by atoms with E-state index in [1.165, 1.54) is 4.68 Å². The van der Waals surface area contributed by atoms with Crippen LogP contribution < -0.4 is 11.0 Å². The molecule has 4 rings (SSSR count). The number of hydrogen-bond acceptors (Lipinski definition) is 4. The molecule has 0 radical (unpaired) electrons. The molecule has 1 amide bonds. The molecular formula is C23H28N6O2. The number of nitrogens with one attached hydrogen (secondary N) is 1. The summed E-state index contributed by atoms with van der Waals surface area (Å²) in [6.45, 7) is 8.60. The lowest BCUT2D eigenvalue weighted by molar-refractivity contribution is -0.121. The molecule has 1 aromatic carbocycles. The van der Waals surface area contributed by atoms with Crippen LogP contribution in [0.25, 0.3) is 16.6 Å². The van der Waals surface area contributed by atoms with Gasteiger partial charge in [0.15, 0.2) is 5.65 Å². The van der Waals surface area contributed by atoms with Crippen molar-refractivity contribution in [3.63, 3.8) is 0 Å². The number of aryl methyl sites for hydroxylation is 4. The fourth-order valence-corrected chi connectivity index (χ4v) is 4.10. The van der Waals surface area contributed by atoms with Crippen molar-refractivity contribution < 1.29 is 4.79 Å². The first-order valence-corrected chi connectivity index (χ1v) is 10.5. The van der Waals surface area contributed by atoms with Crippen LogP contribution in [0.2, 0.25) is 0 Å². The molecule has 0 atom stereocenters. The number of fused-ring (bicyclic) bond motifs is 3. The molecule has 4 aromatic rings. The number of pyridine rings is 1. The van der Waals surface area contributed by atoms with Gasteiger partial charge in [0.05, 0.1) is 17.8 Å². The van der Waals surface area contributed by atoms with E-state index in [0.717, 1.165) is 39.0 Å². The van der Waals surface area contributed by atoms with Gasteiger partial charge in [-0.1, -0.05) is 12.1 Å². The lowest BCUT2D eigenvalue weighted by atomic mass is 10.1. The van der Waals surface area contributed by atoms with E-state index in [2.05, 4.69) is 15.5 Å². The summed E-state index contributed by atoms with van der Waals surface area (Å²) in [6.07, 6.45) is 1.03. The van der Waals surface area contributed by atoms with E-state index in [9.17, 15) is 9.59 Å². The minimum Gasteiger partial charge on any atom is -0.354 e. The van der Waals surface area contributed by atoms with E-state index >= 15 is 0 Å². The smallest absolute Gasteiger partial charge is 0.350 e. The molecule has 8 heteroatoms. The summed E-state index contributed by atoms with van der Waals surface area (Å²) in [4.78, 5) is 25.3. The zero-order valence-electron chi connectivity index (χ0n) is 18.7. The number of amides is 1. The molecule has 0 aliphatic rings. The number of carbonyl (C=O) groups is 1. The first-order chi connectivity index (χ1) is 14.8. The summed E-state index contributed by atoms with van der Waals surface area (Å²) in [5, 5.41) is 12.8. The maximum atomic E-state index is 13.0. The van der Waals surface area contributed by atoms with E-state index in [4.69, 9.17) is 0 Å². The van der Waals surface area contributed by atoms with E-state index in [-0.39, 0.29) is 11.6 Å². The average Bonchev–Trinajstić information content (AvgIpc) is 3.17. The number of benzene rings is 1. The standard InChI is InChI=1S/C23H28N6O2/c1-14-6-7-18-13-15(2)22-26-28(23(31)29(22)20(18)12-14)11-10-24-21(30)9-8-19-16(3)25-27(5)17(19)4/h6-7,12-13H,8-11H2,1-5H3,(H,24,30). The van der Waals surface area contributed by atoms with Crippen LogP contribution in [0, 0.1) is 27.7 Å². The van der Waals surface area contributed by atoms with Crippen LogP contribution in [-0.2, 0) is 24.8 Å². The second-order valence-electron chi connectivity index (χ2n) is 8.18. The Bertz CT molecular complexity index is 1360. The molecule has 3 aromatic heterocycles. The van der Waals surface area contributed by atoms with Gasteiger partial charge < -0.3 is 5.32 Å². The summed E-state index contributed by atoms with van der Waals surface area (Å²) in [7, 11) is 1.91. The monoisotopic (exact) mass is 420 g/mol. The van der Waals surface area contributed by atoms with Gasteiger partial charge in [-0.15, -0.1) is 5.10 Å². The predicted molar refractivity (Wildman–Crippen MR) is 120 cm³/mol. The molecular weight excluding hydrogens is 392 g/mol. The van der Waals surface area contributed by atoms with Crippen molar-refractivity contribution in [2.24, 2.45) is 7.05 Å². The second-order valence-corrected chi connectivity index (χ2v) is 8.18. The number of aromatic nitrogens is 5. The third kappa shape index (κ3) is 3.85. The van der Waals surface area contributed by atoms with Gasteiger partial charge >= 0.3 is 5.69 Å². The molecule has 3 heterocycles. The minimum atomic E-state index is -0.190. The van der Waals surface area contributed by atoms with Crippen molar-refractivity contribution in [1.82, 2.24) is 29.3 Å². The molecule has 0 fully saturated rings. The van der Waals surface area contributed by atoms with Crippen molar-refractivity contribution in [1.29, 1.82) is 0 Å². The lowest BCUT2D eigenvalue weighted by Crippen LogP contribution is -2.31.